The summed E-state index contributed by atoms with van der Waals surface area (Å²) >= 11 is 5.59. The van der Waals surface area contributed by atoms with Crippen LogP contribution in [0.25, 0.3) is 0 Å². The zero-order chi connectivity index (χ0) is 17.5. The van der Waals surface area contributed by atoms with Crippen molar-refractivity contribution < 1.29 is 27.9 Å². The number of halogens is 4. The van der Waals surface area contributed by atoms with Gasteiger partial charge in [-0.15, -0.1) is 0 Å². The highest BCUT2D eigenvalue weighted by atomic mass is 35.5. The first-order valence-corrected chi connectivity index (χ1v) is 6.87. The van der Waals surface area contributed by atoms with Crippen molar-refractivity contribution in [1.82, 2.24) is 20.6 Å². The van der Waals surface area contributed by atoms with Gasteiger partial charge in [-0.2, -0.15) is 13.2 Å². The molecule has 0 aromatic carbocycles. The molecular formula is C12H14ClF3N4O3. The van der Waals surface area contributed by atoms with Crippen molar-refractivity contribution in [3.8, 4) is 0 Å². The maximum atomic E-state index is 11.7. The second-order valence-corrected chi connectivity index (χ2v) is 4.91. The highest BCUT2D eigenvalue weighted by molar-refractivity contribution is 6.29. The van der Waals surface area contributed by atoms with Crippen LogP contribution < -0.4 is 10.6 Å². The molecule has 3 N–H and O–H groups in total. The lowest BCUT2D eigenvalue weighted by Crippen LogP contribution is -2.42. The molecule has 0 bridgehead atoms. The van der Waals surface area contributed by atoms with E-state index in [0.29, 0.717) is 10.8 Å². The summed E-state index contributed by atoms with van der Waals surface area (Å²) < 4.78 is 31.7. The first-order chi connectivity index (χ1) is 10.7. The number of hydrogen-bond acceptors (Lipinski definition) is 5. The van der Waals surface area contributed by atoms with E-state index in [4.69, 9.17) is 21.5 Å². The van der Waals surface area contributed by atoms with E-state index < -0.39 is 12.1 Å². The predicted molar refractivity (Wildman–Crippen MR) is 74.1 cm³/mol. The number of carbonyl (C=O) groups is 2. The molecule has 1 aromatic rings. The van der Waals surface area contributed by atoms with Crippen molar-refractivity contribution in [1.29, 1.82) is 0 Å². The smallest absolute Gasteiger partial charge is 0.475 e. The normalized spacial score (nSPS) is 15.3. The van der Waals surface area contributed by atoms with Crippen molar-refractivity contribution in [2.75, 3.05) is 13.1 Å². The molecule has 0 atom stereocenters. The third-order valence-corrected chi connectivity index (χ3v) is 2.97. The Morgan fingerprint density at radius 2 is 1.83 bits per heavy atom. The van der Waals surface area contributed by atoms with Gasteiger partial charge in [0.2, 0.25) is 0 Å². The van der Waals surface area contributed by atoms with E-state index >= 15 is 0 Å². The molecule has 0 radical (unpaired) electrons. The van der Waals surface area contributed by atoms with Gasteiger partial charge < -0.3 is 15.7 Å². The second-order valence-electron chi connectivity index (χ2n) is 4.53. The van der Waals surface area contributed by atoms with Crippen molar-refractivity contribution >= 4 is 23.5 Å². The first-order valence-electron chi connectivity index (χ1n) is 6.49. The number of rotatable bonds is 2. The van der Waals surface area contributed by atoms with Crippen LogP contribution in [0, 0.1) is 0 Å². The molecule has 1 aromatic heterocycles. The molecule has 0 unspecified atom stereocenters. The lowest BCUT2D eigenvalue weighted by atomic mass is 10.1. The van der Waals surface area contributed by atoms with Crippen LogP contribution in [0.2, 0.25) is 5.15 Å². The summed E-state index contributed by atoms with van der Waals surface area (Å²) in [6.07, 6.45) is -0.419. The average molecular weight is 355 g/mol. The topological polar surface area (TPSA) is 104 Å². The zero-order valence-corrected chi connectivity index (χ0v) is 12.5. The van der Waals surface area contributed by atoms with Gasteiger partial charge >= 0.3 is 12.1 Å². The van der Waals surface area contributed by atoms with Crippen LogP contribution in [-0.2, 0) is 4.79 Å². The van der Waals surface area contributed by atoms with Gasteiger partial charge in [-0.05, 0) is 25.9 Å². The van der Waals surface area contributed by atoms with E-state index in [1.165, 1.54) is 12.4 Å². The fourth-order valence-electron chi connectivity index (χ4n) is 1.66. The van der Waals surface area contributed by atoms with Crippen LogP contribution >= 0.6 is 11.6 Å². The maximum absolute atomic E-state index is 11.7. The minimum Gasteiger partial charge on any atom is -0.475 e. The predicted octanol–water partition coefficient (Wildman–Crippen LogP) is 1.25. The number of carboxylic acids is 1. The van der Waals surface area contributed by atoms with Crippen LogP contribution in [0.5, 0.6) is 0 Å². The molecule has 1 amide bonds. The van der Waals surface area contributed by atoms with Crippen LogP contribution in [0.1, 0.15) is 23.3 Å². The Labute approximate surface area is 134 Å². The fraction of sp³-hybridized carbons (Fsp3) is 0.500. The molecule has 11 heteroatoms. The number of amides is 1. The number of hydrogen-bond donors (Lipinski definition) is 3. The third-order valence-electron chi connectivity index (χ3n) is 2.77. The van der Waals surface area contributed by atoms with E-state index in [2.05, 4.69) is 20.6 Å². The summed E-state index contributed by atoms with van der Waals surface area (Å²) in [4.78, 5) is 28.4. The van der Waals surface area contributed by atoms with Gasteiger partial charge in [0.05, 0.1) is 12.4 Å². The van der Waals surface area contributed by atoms with Gasteiger partial charge in [0.1, 0.15) is 10.8 Å². The monoisotopic (exact) mass is 354 g/mol. The quantitative estimate of drug-likeness (QED) is 0.738. The number of nitrogens with one attached hydrogen (secondary N) is 2. The van der Waals surface area contributed by atoms with Crippen LogP contribution in [0.4, 0.5) is 13.2 Å². The standard InChI is InChI=1S/C10H13ClN4O.C2HF3O2/c11-9-6-13-8(5-14-9)10(16)15-7-1-3-12-4-2-7;3-2(4,5)1(6)7/h5-7,12H,1-4H2,(H,15,16);(H,6,7). The first kappa shape index (κ1) is 19.1. The molecule has 1 aliphatic heterocycles. The van der Waals surface area contributed by atoms with Gasteiger partial charge in [-0.1, -0.05) is 11.6 Å². The summed E-state index contributed by atoms with van der Waals surface area (Å²) in [5.74, 6) is -2.94. The van der Waals surface area contributed by atoms with Crippen molar-refractivity contribution in [2.45, 2.75) is 25.1 Å². The summed E-state index contributed by atoms with van der Waals surface area (Å²) in [5, 5.41) is 13.6. The Kier molecular flexibility index (Phi) is 7.17. The van der Waals surface area contributed by atoms with Gasteiger partial charge in [0.15, 0.2) is 0 Å². The minimum atomic E-state index is -5.08. The lowest BCUT2D eigenvalue weighted by molar-refractivity contribution is -0.192. The lowest BCUT2D eigenvalue weighted by Gasteiger charge is -2.23. The average Bonchev–Trinajstić information content (AvgIpc) is 2.48. The molecule has 7 nitrogen and oxygen atoms in total. The van der Waals surface area contributed by atoms with Gasteiger partial charge in [0, 0.05) is 6.04 Å². The number of carbonyl (C=O) groups excluding carboxylic acids is 1. The Morgan fingerprint density at radius 1 is 1.26 bits per heavy atom. The Hall–Kier alpha value is -1.94. The van der Waals surface area contributed by atoms with Crippen LogP contribution in [0.3, 0.4) is 0 Å². The van der Waals surface area contributed by atoms with Crippen molar-refractivity contribution in [3.63, 3.8) is 0 Å². The molecule has 0 spiro atoms. The number of carboxylic acid groups (broad SMARTS) is 1. The summed E-state index contributed by atoms with van der Waals surface area (Å²) in [6, 6.07) is 0.228. The molecule has 1 saturated heterocycles. The Morgan fingerprint density at radius 3 is 2.26 bits per heavy atom. The SMILES string of the molecule is O=C(NC1CCNCC1)c1cnc(Cl)cn1.O=C(O)C(F)(F)F. The van der Waals surface area contributed by atoms with Gasteiger partial charge in [0.25, 0.3) is 5.91 Å². The molecule has 23 heavy (non-hydrogen) atoms. The van der Waals surface area contributed by atoms with E-state index in [9.17, 15) is 18.0 Å². The molecule has 1 fully saturated rings. The molecule has 0 aliphatic carbocycles. The van der Waals surface area contributed by atoms with Gasteiger partial charge in [-0.25, -0.2) is 14.8 Å². The highest BCUT2D eigenvalue weighted by Gasteiger charge is 2.38. The van der Waals surface area contributed by atoms with Crippen LogP contribution in [-0.4, -0.2) is 52.3 Å². The van der Waals surface area contributed by atoms with Crippen LogP contribution in [0.15, 0.2) is 12.4 Å². The van der Waals surface area contributed by atoms with Crippen molar-refractivity contribution in [3.05, 3.63) is 23.2 Å². The van der Waals surface area contributed by atoms with E-state index in [1.807, 2.05) is 0 Å². The van der Waals surface area contributed by atoms with E-state index in [1.54, 1.807) is 0 Å². The summed E-state index contributed by atoms with van der Waals surface area (Å²) in [7, 11) is 0. The summed E-state index contributed by atoms with van der Waals surface area (Å²) in [6.45, 7) is 1.88. The number of alkyl halides is 3. The molecule has 0 saturated carbocycles. The molecule has 2 heterocycles. The molecule has 128 valence electrons. The Bertz CT molecular complexity index is 533. The second kappa shape index (κ2) is 8.63. The van der Waals surface area contributed by atoms with Crippen molar-refractivity contribution in [2.24, 2.45) is 0 Å². The summed E-state index contributed by atoms with van der Waals surface area (Å²) in [5.41, 5.74) is 0.308. The third kappa shape index (κ3) is 7.24. The highest BCUT2D eigenvalue weighted by Crippen LogP contribution is 2.13. The largest absolute Gasteiger partial charge is 0.490 e. The molecule has 2 rings (SSSR count). The van der Waals surface area contributed by atoms with E-state index in [0.717, 1.165) is 25.9 Å². The molecule has 1 aliphatic rings. The number of aliphatic carboxylic acids is 1. The van der Waals surface area contributed by atoms with Gasteiger partial charge in [-0.3, -0.25) is 4.79 Å². The number of aromatic nitrogens is 2. The Balaban J connectivity index is 0.000000322. The molecular weight excluding hydrogens is 341 g/mol. The fourth-order valence-corrected chi connectivity index (χ4v) is 1.75. The minimum absolute atomic E-state index is 0.184. The maximum Gasteiger partial charge on any atom is 0.490 e. The zero-order valence-electron chi connectivity index (χ0n) is 11.7. The number of piperidine rings is 1. The number of nitrogens with zero attached hydrogens (tertiary/aromatic N) is 2. The van der Waals surface area contributed by atoms with E-state index in [-0.39, 0.29) is 11.9 Å².